The molecule has 4 aromatic rings. The average molecular weight is 848 g/mol. The van der Waals surface area contributed by atoms with E-state index in [0.29, 0.717) is 45.3 Å². The van der Waals surface area contributed by atoms with Crippen LogP contribution < -0.4 is 0 Å². The van der Waals surface area contributed by atoms with Gasteiger partial charge in [-0.3, -0.25) is 0 Å². The van der Waals surface area contributed by atoms with E-state index >= 15 is 0 Å². The smallest absolute Gasteiger partial charge is 0.337 e. The molecule has 4 rings (SSSR count). The molecule has 0 bridgehead atoms. The van der Waals surface area contributed by atoms with E-state index in [4.69, 9.17) is 31.6 Å². The quantitative estimate of drug-likeness (QED) is 0.141. The van der Waals surface area contributed by atoms with Crippen molar-refractivity contribution in [2.75, 3.05) is 0 Å². The largest absolute Gasteiger partial charge is 0.699 e. The number of rotatable bonds is 6. The van der Waals surface area contributed by atoms with Crippen LogP contribution in [-0.4, -0.2) is 23.1 Å². The SMILES string of the molecule is CC(C)(C)OC(=O)c1ccccc1[N-]c1cc(C(C)(C)C)cc(C(C)(C)C)c1[NH-].CC(C)(C)OC(=O)c1ccccc1[N-]c1cc(C(C)(C)C)cc(C(C)(C)C)c1[NH-].[Ni]. The Labute approximate surface area is 365 Å². The van der Waals surface area contributed by atoms with Crippen LogP contribution in [0.4, 0.5) is 34.1 Å². The van der Waals surface area contributed by atoms with Gasteiger partial charge in [0.2, 0.25) is 0 Å². The summed E-state index contributed by atoms with van der Waals surface area (Å²) in [6.07, 6.45) is 0. The molecule has 326 valence electrons. The Balaban J connectivity index is 0.000000400. The van der Waals surface area contributed by atoms with E-state index in [1.807, 2.05) is 65.8 Å². The van der Waals surface area contributed by atoms with Crippen LogP contribution in [0.25, 0.3) is 22.1 Å². The van der Waals surface area contributed by atoms with Gasteiger partial charge >= 0.3 is 11.9 Å². The third-order valence-corrected chi connectivity index (χ3v) is 9.11. The molecular formula is C50H68N4NiO4-4. The molecule has 0 aliphatic carbocycles. The number of esters is 2. The van der Waals surface area contributed by atoms with Crippen molar-refractivity contribution in [1.29, 1.82) is 0 Å². The number of hydrogen-bond donors (Lipinski definition) is 0. The molecule has 0 saturated carbocycles. The van der Waals surface area contributed by atoms with Gasteiger partial charge in [0.05, 0.1) is 0 Å². The van der Waals surface area contributed by atoms with Crippen LogP contribution in [0.15, 0.2) is 72.8 Å². The fraction of sp³-hybridized carbons (Fsp3) is 0.480. The molecule has 59 heavy (non-hydrogen) atoms. The van der Waals surface area contributed by atoms with Gasteiger partial charge in [0.25, 0.3) is 0 Å². The van der Waals surface area contributed by atoms with Gasteiger partial charge in [-0.1, -0.05) is 155 Å². The van der Waals surface area contributed by atoms with Crippen LogP contribution >= 0.6 is 0 Å². The molecule has 0 radical (unpaired) electrons. The first-order valence-electron chi connectivity index (χ1n) is 20.1. The molecule has 8 nitrogen and oxygen atoms in total. The van der Waals surface area contributed by atoms with E-state index in [2.05, 4.69) is 95.2 Å². The zero-order chi connectivity index (χ0) is 44.4. The normalized spacial score (nSPS) is 12.4. The van der Waals surface area contributed by atoms with Crippen molar-refractivity contribution in [3.63, 3.8) is 0 Å². The number of benzene rings is 4. The topological polar surface area (TPSA) is 128 Å². The van der Waals surface area contributed by atoms with Crippen LogP contribution in [0.3, 0.4) is 0 Å². The Morgan fingerprint density at radius 1 is 0.441 bits per heavy atom. The van der Waals surface area contributed by atoms with E-state index in [1.165, 1.54) is 0 Å². The summed E-state index contributed by atoms with van der Waals surface area (Å²) in [5, 5.41) is 9.50. The zero-order valence-corrected chi connectivity index (χ0v) is 39.8. The average Bonchev–Trinajstić information content (AvgIpc) is 3.03. The molecule has 2 N–H and O–H groups in total. The molecule has 0 atom stereocenters. The monoisotopic (exact) mass is 846 g/mol. The summed E-state index contributed by atoms with van der Waals surface area (Å²) in [6, 6.07) is 22.4. The van der Waals surface area contributed by atoms with Crippen molar-refractivity contribution in [2.45, 2.75) is 157 Å². The van der Waals surface area contributed by atoms with Crippen molar-refractivity contribution in [3.8, 4) is 0 Å². The second-order valence-electron chi connectivity index (χ2n) is 21.1. The number of nitrogens with one attached hydrogen (secondary N) is 2. The Kier molecular flexibility index (Phi) is 15.8. The fourth-order valence-electron chi connectivity index (χ4n) is 5.89. The third kappa shape index (κ3) is 14.3. The maximum Gasteiger partial charge on any atom is 0.337 e. The van der Waals surface area contributed by atoms with Crippen LogP contribution in [-0.2, 0) is 47.6 Å². The molecule has 0 amide bonds. The van der Waals surface area contributed by atoms with E-state index in [0.717, 1.165) is 22.3 Å². The maximum absolute atomic E-state index is 12.7. The predicted molar refractivity (Wildman–Crippen MR) is 244 cm³/mol. The minimum Gasteiger partial charge on any atom is -0.699 e. The van der Waals surface area contributed by atoms with E-state index in [1.54, 1.807) is 36.4 Å². The van der Waals surface area contributed by atoms with Gasteiger partial charge in [-0.15, -0.1) is 11.4 Å². The summed E-state index contributed by atoms with van der Waals surface area (Å²) in [5.74, 6) is -0.821. The molecule has 0 aliphatic heterocycles. The fourth-order valence-corrected chi connectivity index (χ4v) is 5.89. The van der Waals surface area contributed by atoms with Gasteiger partial charge in [0, 0.05) is 27.6 Å². The Bertz CT molecular complexity index is 1950. The van der Waals surface area contributed by atoms with Crippen molar-refractivity contribution in [2.24, 2.45) is 0 Å². The molecule has 0 unspecified atom stereocenters. The molecule has 0 aromatic heterocycles. The van der Waals surface area contributed by atoms with E-state index in [9.17, 15) is 9.59 Å². The Hall–Kier alpha value is -4.49. The van der Waals surface area contributed by atoms with Gasteiger partial charge in [-0.25, -0.2) is 9.59 Å². The standard InChI is InChI=1S/2C25H35N2O2.Ni/c2*1-23(2,3)16-14-18(24(4,5)6)21(26)20(15-16)27-19-13-11-10-12-17(19)22(28)29-25(7,8)9;/h2*10-15,26H,1-9H3,(H,27,28);/q2*-1;/p-2. The van der Waals surface area contributed by atoms with Crippen LogP contribution in [0, 0.1) is 0 Å². The maximum atomic E-state index is 12.7. The summed E-state index contributed by atoms with van der Waals surface area (Å²) < 4.78 is 11.1. The van der Waals surface area contributed by atoms with Crippen LogP contribution in [0.5, 0.6) is 0 Å². The molecule has 9 heteroatoms. The van der Waals surface area contributed by atoms with E-state index < -0.39 is 23.1 Å². The van der Waals surface area contributed by atoms with Gasteiger partial charge in [-0.2, -0.15) is 22.7 Å². The van der Waals surface area contributed by atoms with Gasteiger partial charge < -0.3 is 31.6 Å². The first-order chi connectivity index (χ1) is 26.2. The number of nitrogens with zero attached hydrogens (tertiary/aromatic N) is 2. The summed E-state index contributed by atoms with van der Waals surface area (Å²) in [5.41, 5.74) is 23.7. The van der Waals surface area contributed by atoms with Crippen molar-refractivity contribution < 1.29 is 35.6 Å². The zero-order valence-electron chi connectivity index (χ0n) is 38.8. The predicted octanol–water partition coefficient (Wildman–Crippen LogP) is 16.5. The number of carbonyl (C=O) groups is 2. The van der Waals surface area contributed by atoms with Crippen molar-refractivity contribution in [1.82, 2.24) is 0 Å². The Morgan fingerprint density at radius 2 is 0.729 bits per heavy atom. The van der Waals surface area contributed by atoms with E-state index in [-0.39, 0.29) is 38.2 Å². The first kappa shape index (κ1) is 50.7. The Morgan fingerprint density at radius 3 is 0.983 bits per heavy atom. The second-order valence-corrected chi connectivity index (χ2v) is 21.1. The summed E-state index contributed by atoms with van der Waals surface area (Å²) >= 11 is 0. The number of hydrogen-bond acceptors (Lipinski definition) is 4. The third-order valence-electron chi connectivity index (χ3n) is 9.11. The van der Waals surface area contributed by atoms with Crippen LogP contribution in [0.2, 0.25) is 0 Å². The molecule has 0 fully saturated rings. The van der Waals surface area contributed by atoms with Crippen LogP contribution in [0.1, 0.15) is 168 Å². The summed E-state index contributed by atoms with van der Waals surface area (Å²) in [7, 11) is 0. The second kappa shape index (κ2) is 18.4. The number of carbonyl (C=O) groups excluding carboxylic acids is 2. The molecule has 0 saturated heterocycles. The number of para-hydroxylation sites is 2. The molecule has 4 aromatic carbocycles. The minimum atomic E-state index is -0.587. The molecule has 0 aliphatic rings. The molecule has 0 heterocycles. The summed E-state index contributed by atoms with van der Waals surface area (Å²) in [6.45, 7) is 36.6. The van der Waals surface area contributed by atoms with Crippen molar-refractivity contribution >= 4 is 46.1 Å². The molecular weight excluding hydrogens is 779 g/mol. The summed E-state index contributed by atoms with van der Waals surface area (Å²) in [4.78, 5) is 25.4. The van der Waals surface area contributed by atoms with Gasteiger partial charge in [0.15, 0.2) is 0 Å². The number of ether oxygens (including phenoxy) is 2. The molecule has 0 spiro atoms. The van der Waals surface area contributed by atoms with Gasteiger partial charge in [0.1, 0.15) is 11.2 Å². The minimum absolute atomic E-state index is 0. The van der Waals surface area contributed by atoms with Crippen molar-refractivity contribution in [3.05, 3.63) is 128 Å². The first-order valence-corrected chi connectivity index (χ1v) is 20.1. The van der Waals surface area contributed by atoms with Gasteiger partial charge in [-0.05, 0) is 86.5 Å².